The smallest absolute Gasteiger partial charge is 0.163 e. The molecule has 4 aromatic rings. The molecule has 6 heteroatoms. The average Bonchev–Trinajstić information content (AvgIpc) is 2.88. The topological polar surface area (TPSA) is 68.5 Å². The molecule has 0 bridgehead atoms. The summed E-state index contributed by atoms with van der Waals surface area (Å²) in [6, 6.07) is 11.8. The largest absolute Gasteiger partial charge is 0.337 e. The van der Waals surface area contributed by atoms with E-state index in [4.69, 9.17) is 4.98 Å². The van der Waals surface area contributed by atoms with Gasteiger partial charge in [0, 0.05) is 30.4 Å². The molecule has 0 aliphatic carbocycles. The van der Waals surface area contributed by atoms with E-state index < -0.39 is 0 Å². The van der Waals surface area contributed by atoms with Crippen LogP contribution in [0.1, 0.15) is 11.4 Å². The molecule has 3 heterocycles. The van der Waals surface area contributed by atoms with Crippen molar-refractivity contribution >= 4 is 22.4 Å². The first-order valence-electron chi connectivity index (χ1n) is 8.08. The Bertz CT molecular complexity index is 1050. The number of aromatic nitrogens is 5. The minimum absolute atomic E-state index is 0.647. The molecular weight excluding hydrogens is 312 g/mol. The molecule has 0 saturated heterocycles. The van der Waals surface area contributed by atoms with Gasteiger partial charge >= 0.3 is 0 Å². The molecule has 0 aliphatic heterocycles. The Hall–Kier alpha value is -3.28. The maximum Gasteiger partial charge on any atom is 0.163 e. The van der Waals surface area contributed by atoms with Crippen LogP contribution in [0.15, 0.2) is 48.8 Å². The van der Waals surface area contributed by atoms with Crippen molar-refractivity contribution in [1.29, 1.82) is 0 Å². The summed E-state index contributed by atoms with van der Waals surface area (Å²) >= 11 is 0. The predicted octanol–water partition coefficient (Wildman–Crippen LogP) is 3.79. The molecule has 124 valence electrons. The number of para-hydroxylation sites is 1. The number of benzene rings is 1. The maximum atomic E-state index is 4.76. The lowest BCUT2D eigenvalue weighted by Crippen LogP contribution is -2.01. The third kappa shape index (κ3) is 2.71. The van der Waals surface area contributed by atoms with Gasteiger partial charge in [-0.3, -0.25) is 9.67 Å². The van der Waals surface area contributed by atoms with E-state index in [2.05, 4.69) is 20.4 Å². The lowest BCUT2D eigenvalue weighted by atomic mass is 10.2. The summed E-state index contributed by atoms with van der Waals surface area (Å²) < 4.78 is 1.86. The fourth-order valence-corrected chi connectivity index (χ4v) is 2.87. The van der Waals surface area contributed by atoms with Gasteiger partial charge in [0.15, 0.2) is 5.82 Å². The predicted molar refractivity (Wildman–Crippen MR) is 98.7 cm³/mol. The molecule has 1 aromatic carbocycles. The Balaban J connectivity index is 1.90. The van der Waals surface area contributed by atoms with Gasteiger partial charge in [0.1, 0.15) is 5.82 Å². The zero-order chi connectivity index (χ0) is 17.4. The van der Waals surface area contributed by atoms with Gasteiger partial charge in [-0.05, 0) is 38.1 Å². The maximum absolute atomic E-state index is 4.76. The van der Waals surface area contributed by atoms with Crippen LogP contribution < -0.4 is 5.32 Å². The molecule has 0 radical (unpaired) electrons. The van der Waals surface area contributed by atoms with Gasteiger partial charge in [-0.25, -0.2) is 9.97 Å². The van der Waals surface area contributed by atoms with Gasteiger partial charge < -0.3 is 5.32 Å². The molecule has 1 N–H and O–H groups in total. The highest BCUT2D eigenvalue weighted by Gasteiger charge is 2.14. The number of fused-ring (bicyclic) bond motifs is 1. The van der Waals surface area contributed by atoms with Gasteiger partial charge in [-0.1, -0.05) is 12.1 Å². The number of nitrogens with one attached hydrogen (secondary N) is 1. The van der Waals surface area contributed by atoms with Gasteiger partial charge in [0.05, 0.1) is 22.6 Å². The molecule has 0 atom stereocenters. The van der Waals surface area contributed by atoms with Crippen molar-refractivity contribution in [2.24, 2.45) is 7.05 Å². The minimum atomic E-state index is 0.647. The molecule has 0 spiro atoms. The van der Waals surface area contributed by atoms with Crippen molar-refractivity contribution < 1.29 is 0 Å². The van der Waals surface area contributed by atoms with Crippen molar-refractivity contribution in [1.82, 2.24) is 24.7 Å². The second-order valence-corrected chi connectivity index (χ2v) is 5.95. The molecule has 25 heavy (non-hydrogen) atoms. The van der Waals surface area contributed by atoms with Crippen LogP contribution >= 0.6 is 0 Å². The van der Waals surface area contributed by atoms with Crippen molar-refractivity contribution in [2.75, 3.05) is 5.32 Å². The van der Waals surface area contributed by atoms with Crippen LogP contribution in [0.4, 0.5) is 11.5 Å². The lowest BCUT2D eigenvalue weighted by Gasteiger charge is -2.11. The van der Waals surface area contributed by atoms with Gasteiger partial charge in [-0.15, -0.1) is 0 Å². The van der Waals surface area contributed by atoms with Crippen LogP contribution in [0, 0.1) is 13.8 Å². The SMILES string of the molecule is Cc1nn(C)c(C)c1Nc1nc(-c2cccnc2)nc2ccccc12. The van der Waals surface area contributed by atoms with E-state index >= 15 is 0 Å². The highest BCUT2D eigenvalue weighted by molar-refractivity contribution is 5.92. The normalized spacial score (nSPS) is 11.0. The van der Waals surface area contributed by atoms with Crippen molar-refractivity contribution in [3.05, 3.63) is 60.2 Å². The van der Waals surface area contributed by atoms with E-state index in [1.165, 1.54) is 0 Å². The Morgan fingerprint density at radius 2 is 1.84 bits per heavy atom. The zero-order valence-corrected chi connectivity index (χ0v) is 14.4. The van der Waals surface area contributed by atoms with Crippen LogP contribution in [0.3, 0.4) is 0 Å². The summed E-state index contributed by atoms with van der Waals surface area (Å²) in [6.45, 7) is 4.02. The molecule has 0 fully saturated rings. The van der Waals surface area contributed by atoms with E-state index in [-0.39, 0.29) is 0 Å². The highest BCUT2D eigenvalue weighted by atomic mass is 15.3. The summed E-state index contributed by atoms with van der Waals surface area (Å²) in [5.74, 6) is 1.41. The standard InChI is InChI=1S/C19H18N6/c1-12-17(13(2)25(3)24-12)22-19-15-8-4-5-9-16(15)21-18(23-19)14-7-6-10-20-11-14/h4-11H,1-3H3,(H,21,22,23). The van der Waals surface area contributed by atoms with Crippen LogP contribution in [0.2, 0.25) is 0 Å². The first-order valence-corrected chi connectivity index (χ1v) is 8.08. The number of aryl methyl sites for hydroxylation is 2. The number of anilines is 2. The minimum Gasteiger partial charge on any atom is -0.337 e. The molecule has 0 aliphatic rings. The Kier molecular flexibility index (Phi) is 3.65. The Morgan fingerprint density at radius 3 is 2.56 bits per heavy atom. The lowest BCUT2D eigenvalue weighted by molar-refractivity contribution is 0.731. The summed E-state index contributed by atoms with van der Waals surface area (Å²) in [5, 5.41) is 8.90. The molecule has 0 saturated carbocycles. The van der Waals surface area contributed by atoms with Gasteiger partial charge in [0.25, 0.3) is 0 Å². The molecule has 4 rings (SSSR count). The molecule has 6 nitrogen and oxygen atoms in total. The number of hydrogen-bond donors (Lipinski definition) is 1. The number of hydrogen-bond acceptors (Lipinski definition) is 5. The second-order valence-electron chi connectivity index (χ2n) is 5.95. The zero-order valence-electron chi connectivity index (χ0n) is 14.4. The van der Waals surface area contributed by atoms with Crippen molar-refractivity contribution in [2.45, 2.75) is 13.8 Å². The van der Waals surface area contributed by atoms with E-state index in [1.54, 1.807) is 12.4 Å². The van der Waals surface area contributed by atoms with Crippen molar-refractivity contribution in [3.63, 3.8) is 0 Å². The monoisotopic (exact) mass is 330 g/mol. The molecule has 0 unspecified atom stereocenters. The molecular formula is C19H18N6. The van der Waals surface area contributed by atoms with E-state index in [0.29, 0.717) is 5.82 Å². The van der Waals surface area contributed by atoms with E-state index in [1.807, 2.05) is 62.0 Å². The fraction of sp³-hybridized carbons (Fsp3) is 0.158. The third-order valence-corrected chi connectivity index (χ3v) is 4.28. The number of pyridine rings is 1. The van der Waals surface area contributed by atoms with Crippen LogP contribution in [0.25, 0.3) is 22.3 Å². The number of rotatable bonds is 3. The third-order valence-electron chi connectivity index (χ3n) is 4.28. The summed E-state index contributed by atoms with van der Waals surface area (Å²) in [5.41, 5.74) is 4.74. The van der Waals surface area contributed by atoms with Crippen molar-refractivity contribution in [3.8, 4) is 11.4 Å². The summed E-state index contributed by atoms with van der Waals surface area (Å²) in [6.07, 6.45) is 3.51. The van der Waals surface area contributed by atoms with E-state index in [0.717, 1.165) is 39.4 Å². The van der Waals surface area contributed by atoms with Crippen LogP contribution in [0.5, 0.6) is 0 Å². The van der Waals surface area contributed by atoms with Gasteiger partial charge in [-0.2, -0.15) is 5.10 Å². The first-order chi connectivity index (χ1) is 12.1. The summed E-state index contributed by atoms with van der Waals surface area (Å²) in [7, 11) is 1.94. The first kappa shape index (κ1) is 15.3. The Morgan fingerprint density at radius 1 is 1.00 bits per heavy atom. The van der Waals surface area contributed by atoms with Crippen LogP contribution in [-0.2, 0) is 7.05 Å². The molecule has 3 aromatic heterocycles. The number of nitrogens with zero attached hydrogens (tertiary/aromatic N) is 5. The second kappa shape index (κ2) is 5.98. The molecule has 0 amide bonds. The van der Waals surface area contributed by atoms with Gasteiger partial charge in [0.2, 0.25) is 0 Å². The quantitative estimate of drug-likeness (QED) is 0.619. The summed E-state index contributed by atoms with van der Waals surface area (Å²) in [4.78, 5) is 13.6. The van der Waals surface area contributed by atoms with Crippen LogP contribution in [-0.4, -0.2) is 24.7 Å². The van der Waals surface area contributed by atoms with E-state index in [9.17, 15) is 0 Å². The average molecular weight is 330 g/mol. The fourth-order valence-electron chi connectivity index (χ4n) is 2.87. The highest BCUT2D eigenvalue weighted by Crippen LogP contribution is 2.29. The Labute approximate surface area is 145 Å².